The second-order valence-electron chi connectivity index (χ2n) is 3.54. The van der Waals surface area contributed by atoms with Gasteiger partial charge in [-0.3, -0.25) is 0 Å². The SMILES string of the molecule is CCOC(=O)C(C)OC(=O)c1ccc(Br)c(N)c1. The number of anilines is 1. The van der Waals surface area contributed by atoms with Gasteiger partial charge in [0, 0.05) is 10.2 Å². The van der Waals surface area contributed by atoms with E-state index in [0.29, 0.717) is 10.2 Å². The normalized spacial score (nSPS) is 11.7. The molecule has 0 aliphatic carbocycles. The Labute approximate surface area is 113 Å². The molecule has 0 spiro atoms. The number of rotatable bonds is 4. The van der Waals surface area contributed by atoms with Crippen molar-refractivity contribution >= 4 is 33.6 Å². The molecule has 0 amide bonds. The molecule has 0 saturated carbocycles. The first kappa shape index (κ1) is 14.5. The van der Waals surface area contributed by atoms with Crippen molar-refractivity contribution in [2.75, 3.05) is 12.3 Å². The van der Waals surface area contributed by atoms with Crippen LogP contribution in [0.25, 0.3) is 0 Å². The van der Waals surface area contributed by atoms with E-state index < -0.39 is 18.0 Å². The van der Waals surface area contributed by atoms with E-state index in [1.54, 1.807) is 19.1 Å². The standard InChI is InChI=1S/C12H14BrNO4/c1-3-17-11(15)7(2)18-12(16)8-4-5-9(13)10(14)6-8/h4-7H,3,14H2,1-2H3. The van der Waals surface area contributed by atoms with Crippen LogP contribution in [-0.2, 0) is 14.3 Å². The van der Waals surface area contributed by atoms with Crippen molar-refractivity contribution in [3.8, 4) is 0 Å². The summed E-state index contributed by atoms with van der Waals surface area (Å²) in [6.45, 7) is 3.38. The number of nitrogens with two attached hydrogens (primary N) is 1. The first-order valence-corrected chi connectivity index (χ1v) is 6.17. The maximum absolute atomic E-state index is 11.7. The number of hydrogen-bond donors (Lipinski definition) is 1. The molecule has 1 rings (SSSR count). The van der Waals surface area contributed by atoms with Gasteiger partial charge in [-0.25, -0.2) is 9.59 Å². The second-order valence-corrected chi connectivity index (χ2v) is 4.39. The van der Waals surface area contributed by atoms with Crippen LogP contribution in [0.4, 0.5) is 5.69 Å². The molecule has 1 unspecified atom stereocenters. The molecule has 98 valence electrons. The number of benzene rings is 1. The molecule has 0 bridgehead atoms. The lowest BCUT2D eigenvalue weighted by Crippen LogP contribution is -2.26. The van der Waals surface area contributed by atoms with Crippen LogP contribution < -0.4 is 5.73 Å². The van der Waals surface area contributed by atoms with Crippen molar-refractivity contribution in [2.24, 2.45) is 0 Å². The van der Waals surface area contributed by atoms with E-state index in [1.165, 1.54) is 13.0 Å². The molecule has 0 heterocycles. The van der Waals surface area contributed by atoms with E-state index in [4.69, 9.17) is 15.2 Å². The van der Waals surface area contributed by atoms with Gasteiger partial charge in [0.2, 0.25) is 0 Å². The highest BCUT2D eigenvalue weighted by molar-refractivity contribution is 9.10. The van der Waals surface area contributed by atoms with E-state index in [-0.39, 0.29) is 12.2 Å². The van der Waals surface area contributed by atoms with Crippen LogP contribution in [0.3, 0.4) is 0 Å². The first-order chi connectivity index (χ1) is 8.45. The highest BCUT2D eigenvalue weighted by Gasteiger charge is 2.20. The number of esters is 2. The molecule has 6 heteroatoms. The van der Waals surface area contributed by atoms with Crippen molar-refractivity contribution in [1.82, 2.24) is 0 Å². The molecular formula is C12H14BrNO4. The highest BCUT2D eigenvalue weighted by Crippen LogP contribution is 2.20. The molecule has 1 aromatic carbocycles. The summed E-state index contributed by atoms with van der Waals surface area (Å²) in [6.07, 6.45) is -0.942. The number of hydrogen-bond acceptors (Lipinski definition) is 5. The minimum atomic E-state index is -0.942. The third-order valence-electron chi connectivity index (χ3n) is 2.13. The molecule has 0 fully saturated rings. The minimum absolute atomic E-state index is 0.242. The van der Waals surface area contributed by atoms with Crippen molar-refractivity contribution in [3.05, 3.63) is 28.2 Å². The summed E-state index contributed by atoms with van der Waals surface area (Å²) >= 11 is 3.22. The monoisotopic (exact) mass is 315 g/mol. The summed E-state index contributed by atoms with van der Waals surface area (Å²) in [6, 6.07) is 4.67. The lowest BCUT2D eigenvalue weighted by atomic mass is 10.2. The third-order valence-corrected chi connectivity index (χ3v) is 2.86. The zero-order valence-electron chi connectivity index (χ0n) is 10.1. The van der Waals surface area contributed by atoms with Gasteiger partial charge in [0.15, 0.2) is 6.10 Å². The van der Waals surface area contributed by atoms with Gasteiger partial charge in [-0.15, -0.1) is 0 Å². The van der Waals surface area contributed by atoms with Crippen molar-refractivity contribution in [1.29, 1.82) is 0 Å². The fourth-order valence-corrected chi connectivity index (χ4v) is 1.45. The molecule has 0 aliphatic heterocycles. The molecule has 1 atom stereocenters. The Hall–Kier alpha value is -1.56. The maximum Gasteiger partial charge on any atom is 0.347 e. The van der Waals surface area contributed by atoms with Crippen LogP contribution in [0, 0.1) is 0 Å². The molecule has 0 aromatic heterocycles. The number of ether oxygens (including phenoxy) is 2. The van der Waals surface area contributed by atoms with Gasteiger partial charge in [-0.2, -0.15) is 0 Å². The molecule has 5 nitrogen and oxygen atoms in total. The Bertz CT molecular complexity index is 461. The van der Waals surface area contributed by atoms with Gasteiger partial charge in [-0.1, -0.05) is 0 Å². The summed E-state index contributed by atoms with van der Waals surface area (Å²) in [5.41, 5.74) is 6.36. The van der Waals surface area contributed by atoms with Crippen LogP contribution >= 0.6 is 15.9 Å². The minimum Gasteiger partial charge on any atom is -0.463 e. The summed E-state index contributed by atoms with van der Waals surface area (Å²) in [5, 5.41) is 0. The first-order valence-electron chi connectivity index (χ1n) is 5.38. The number of nitrogen functional groups attached to an aromatic ring is 1. The summed E-state index contributed by atoms with van der Waals surface area (Å²) in [5.74, 6) is -1.19. The lowest BCUT2D eigenvalue weighted by Gasteiger charge is -2.12. The number of carbonyl (C=O) groups is 2. The average Bonchev–Trinajstić information content (AvgIpc) is 2.32. The zero-order valence-corrected chi connectivity index (χ0v) is 11.7. The average molecular weight is 316 g/mol. The van der Waals surface area contributed by atoms with Crippen molar-refractivity contribution in [3.63, 3.8) is 0 Å². The quantitative estimate of drug-likeness (QED) is 0.680. The largest absolute Gasteiger partial charge is 0.463 e. The lowest BCUT2D eigenvalue weighted by molar-refractivity contribution is -0.152. The van der Waals surface area contributed by atoms with Gasteiger partial charge in [0.1, 0.15) is 0 Å². The Morgan fingerprint density at radius 2 is 2.11 bits per heavy atom. The smallest absolute Gasteiger partial charge is 0.347 e. The van der Waals surface area contributed by atoms with Crippen LogP contribution in [0.15, 0.2) is 22.7 Å². The number of carbonyl (C=O) groups excluding carboxylic acids is 2. The van der Waals surface area contributed by atoms with Crippen LogP contribution in [0.1, 0.15) is 24.2 Å². The molecule has 0 saturated heterocycles. The fraction of sp³-hybridized carbons (Fsp3) is 0.333. The third kappa shape index (κ3) is 3.73. The predicted molar refractivity (Wildman–Crippen MR) is 70.1 cm³/mol. The van der Waals surface area contributed by atoms with E-state index in [2.05, 4.69) is 15.9 Å². The van der Waals surface area contributed by atoms with E-state index in [1.807, 2.05) is 0 Å². The fourth-order valence-electron chi connectivity index (χ4n) is 1.21. The summed E-state index contributed by atoms with van der Waals surface area (Å²) in [7, 11) is 0. The van der Waals surface area contributed by atoms with Crippen LogP contribution in [0.2, 0.25) is 0 Å². The van der Waals surface area contributed by atoms with E-state index in [0.717, 1.165) is 0 Å². The predicted octanol–water partition coefficient (Wildman–Crippen LogP) is 2.14. The molecule has 2 N–H and O–H groups in total. The molecule has 0 radical (unpaired) electrons. The zero-order chi connectivity index (χ0) is 13.7. The topological polar surface area (TPSA) is 78.6 Å². The molecular weight excluding hydrogens is 302 g/mol. The van der Waals surface area contributed by atoms with Gasteiger partial charge < -0.3 is 15.2 Å². The number of halogens is 1. The van der Waals surface area contributed by atoms with Crippen LogP contribution in [-0.4, -0.2) is 24.6 Å². The molecule has 0 aliphatic rings. The Kier molecular flexibility index (Phi) is 5.15. The van der Waals surface area contributed by atoms with Gasteiger partial charge in [-0.05, 0) is 48.0 Å². The van der Waals surface area contributed by atoms with E-state index >= 15 is 0 Å². The van der Waals surface area contributed by atoms with Crippen molar-refractivity contribution in [2.45, 2.75) is 20.0 Å². The van der Waals surface area contributed by atoms with Gasteiger partial charge in [0.05, 0.1) is 12.2 Å². The summed E-state index contributed by atoms with van der Waals surface area (Å²) in [4.78, 5) is 23.0. The Morgan fingerprint density at radius 1 is 1.44 bits per heavy atom. The Morgan fingerprint density at radius 3 is 2.67 bits per heavy atom. The maximum atomic E-state index is 11.7. The highest BCUT2D eigenvalue weighted by atomic mass is 79.9. The Balaban J connectivity index is 2.70. The van der Waals surface area contributed by atoms with Crippen molar-refractivity contribution < 1.29 is 19.1 Å². The van der Waals surface area contributed by atoms with Crippen LogP contribution in [0.5, 0.6) is 0 Å². The molecule has 1 aromatic rings. The van der Waals surface area contributed by atoms with Gasteiger partial charge >= 0.3 is 11.9 Å². The van der Waals surface area contributed by atoms with Gasteiger partial charge in [0.25, 0.3) is 0 Å². The van der Waals surface area contributed by atoms with E-state index in [9.17, 15) is 9.59 Å². The summed E-state index contributed by atoms with van der Waals surface area (Å²) < 4.78 is 10.4. The molecule has 18 heavy (non-hydrogen) atoms. The second kappa shape index (κ2) is 6.39.